The Kier molecular flexibility index (Phi) is 6.49. The molecule has 1 aromatic carbocycles. The number of nitrogens with two attached hydrogens (primary N) is 1. The third-order valence-corrected chi connectivity index (χ3v) is 6.08. The number of phenols is 1. The molecule has 136 valence electrons. The van der Waals surface area contributed by atoms with Crippen LogP contribution in [0.15, 0.2) is 24.3 Å². The minimum atomic E-state index is -1.06. The monoisotopic (exact) mass is 405 g/mol. The number of fused-ring (bicyclic) bond motifs is 1. The molecule has 2 amide bonds. The Labute approximate surface area is 197 Å². The number of carboxylic acids is 1. The molecule has 0 unspecified atom stereocenters. The fraction of sp³-hybridized carbons (Fsp3) is 0.438. The summed E-state index contributed by atoms with van der Waals surface area (Å²) in [4.78, 5) is 37.5. The van der Waals surface area contributed by atoms with Gasteiger partial charge in [-0.05, 0) is 31.5 Å². The molecule has 5 N–H and O–H groups in total. The van der Waals surface area contributed by atoms with E-state index >= 15 is 0 Å². The molecule has 0 aromatic heterocycles. The van der Waals surface area contributed by atoms with Crippen LogP contribution in [0.5, 0.6) is 5.75 Å². The van der Waals surface area contributed by atoms with Crippen molar-refractivity contribution in [2.75, 3.05) is 0 Å². The first-order valence-corrected chi connectivity index (χ1v) is 8.59. The van der Waals surface area contributed by atoms with Gasteiger partial charge in [0.25, 0.3) is 0 Å². The topological polar surface area (TPSA) is 133 Å². The second kappa shape index (κ2) is 7.78. The van der Waals surface area contributed by atoms with Gasteiger partial charge in [-0.1, -0.05) is 12.1 Å². The van der Waals surface area contributed by atoms with Gasteiger partial charge >= 0.3 is 57.4 Å². The summed E-state index contributed by atoms with van der Waals surface area (Å²) in [6, 6.07) is 3.21. The first kappa shape index (κ1) is 21.7. The van der Waals surface area contributed by atoms with Crippen molar-refractivity contribution in [1.82, 2.24) is 10.2 Å². The number of carbonyl (C=O) groups is 3. The van der Waals surface area contributed by atoms with Crippen LogP contribution in [0.1, 0.15) is 25.5 Å². The number of nitrogens with one attached hydrogen (secondary N) is 1. The van der Waals surface area contributed by atoms with Gasteiger partial charge in [0.1, 0.15) is 29.2 Å². The molecule has 0 radical (unpaired) electrons. The van der Waals surface area contributed by atoms with Gasteiger partial charge in [-0.3, -0.25) is 9.59 Å². The summed E-state index contributed by atoms with van der Waals surface area (Å²) in [7, 11) is 0. The maximum atomic E-state index is 12.3. The summed E-state index contributed by atoms with van der Waals surface area (Å²) < 4.78 is -0.648. The molecule has 4 atom stereocenters. The quantitative estimate of drug-likeness (QED) is 0.387. The summed E-state index contributed by atoms with van der Waals surface area (Å²) in [5.74, 6) is -1.94. The van der Waals surface area contributed by atoms with Crippen LogP contribution < -0.4 is 11.1 Å². The number of aromatic hydroxyl groups is 1. The Morgan fingerprint density at radius 3 is 2.42 bits per heavy atom. The number of phenolic OH excluding ortho intramolecular Hbond substituents is 1. The van der Waals surface area contributed by atoms with Crippen LogP contribution in [0.4, 0.5) is 0 Å². The van der Waals surface area contributed by atoms with Gasteiger partial charge in [0.15, 0.2) is 0 Å². The molecule has 2 saturated heterocycles. The fourth-order valence-electron chi connectivity index (χ4n) is 3.22. The Hall–Kier alpha value is -0.624. The zero-order valence-corrected chi connectivity index (χ0v) is 14.5. The summed E-state index contributed by atoms with van der Waals surface area (Å²) in [6.45, 7) is 3.53. The number of carbonyl (C=O) groups excluding carboxylic acids is 2. The van der Waals surface area contributed by atoms with Crippen molar-refractivity contribution in [3.63, 3.8) is 0 Å². The van der Waals surface area contributed by atoms with E-state index in [4.69, 9.17) is 5.73 Å². The summed E-state index contributed by atoms with van der Waals surface area (Å²) in [5.41, 5.74) is 6.41. The van der Waals surface area contributed by atoms with Crippen LogP contribution in [0.2, 0.25) is 0 Å². The minimum absolute atomic E-state index is 0. The Bertz CT molecular complexity index is 742. The van der Waals surface area contributed by atoms with Crippen molar-refractivity contribution in [3.05, 3.63) is 29.8 Å². The van der Waals surface area contributed by atoms with Gasteiger partial charge in [-0.15, -0.1) is 11.8 Å². The second-order valence-electron chi connectivity index (χ2n) is 6.65. The normalized spacial score (nSPS) is 27.0. The van der Waals surface area contributed by atoms with E-state index in [9.17, 15) is 24.6 Å². The first-order chi connectivity index (χ1) is 11.6. The van der Waals surface area contributed by atoms with Gasteiger partial charge in [-0.2, -0.15) is 0 Å². The molecular weight excluding hydrogens is 385 g/mol. The summed E-state index contributed by atoms with van der Waals surface area (Å²) in [6.07, 6.45) is 0. The summed E-state index contributed by atoms with van der Waals surface area (Å²) >= 11 is 1.35. The third-order valence-electron chi connectivity index (χ3n) is 4.51. The number of carboxylic acid groups (broad SMARTS) is 1. The average Bonchev–Trinajstić information content (AvgIpc) is 2.80. The molecule has 26 heavy (non-hydrogen) atoms. The van der Waals surface area contributed by atoms with Gasteiger partial charge in [0.05, 0.1) is 0 Å². The van der Waals surface area contributed by atoms with Crippen molar-refractivity contribution in [3.8, 4) is 5.75 Å². The molecule has 0 spiro atoms. The molecule has 1 aromatic rings. The van der Waals surface area contributed by atoms with Crippen molar-refractivity contribution in [2.24, 2.45) is 5.73 Å². The van der Waals surface area contributed by atoms with Crippen molar-refractivity contribution in [2.45, 2.75) is 42.1 Å². The molecule has 0 saturated carbocycles. The van der Waals surface area contributed by atoms with E-state index in [1.807, 2.05) is 0 Å². The van der Waals surface area contributed by atoms with Gasteiger partial charge < -0.3 is 26.2 Å². The number of benzene rings is 1. The van der Waals surface area contributed by atoms with E-state index in [1.165, 1.54) is 40.9 Å². The van der Waals surface area contributed by atoms with Crippen LogP contribution in [0.3, 0.4) is 0 Å². The molecule has 2 aliphatic heterocycles. The Morgan fingerprint density at radius 2 is 1.88 bits per heavy atom. The number of β-lactam (4-membered cyclic amide) rings is 1. The van der Waals surface area contributed by atoms with Crippen LogP contribution in [0, 0.1) is 0 Å². The summed E-state index contributed by atoms with van der Waals surface area (Å²) in [5, 5.41) is 20.9. The molecule has 0 aliphatic carbocycles. The van der Waals surface area contributed by atoms with E-state index in [-0.39, 0.29) is 57.1 Å². The third kappa shape index (κ3) is 3.68. The standard InChI is InChI=1S/C16H19N3O5S.K.H/c1-16(2)11(15(23)24)19-13(22)10(14(19)25-16)18-12(21)9(17)7-3-5-8(20)6-4-7;;/h3-6,9-11,14,20H,17H2,1-2H3,(H,18,21)(H,23,24);;/t9-,10-,11+,14-;;/m1../s1. The number of rotatable bonds is 4. The number of aliphatic carboxylic acids is 1. The van der Waals surface area contributed by atoms with Gasteiger partial charge in [0.2, 0.25) is 11.8 Å². The van der Waals surface area contributed by atoms with E-state index in [1.54, 1.807) is 13.8 Å². The average molecular weight is 406 g/mol. The number of nitrogens with zero attached hydrogens (tertiary/aromatic N) is 1. The Balaban J connectivity index is 0.00000243. The van der Waals surface area contributed by atoms with Crippen LogP contribution in [-0.4, -0.2) is 106 Å². The van der Waals surface area contributed by atoms with Gasteiger partial charge in [0, 0.05) is 4.75 Å². The zero-order chi connectivity index (χ0) is 18.5. The van der Waals surface area contributed by atoms with Crippen molar-refractivity contribution < 1.29 is 24.6 Å². The number of amides is 2. The van der Waals surface area contributed by atoms with Crippen molar-refractivity contribution >= 4 is 80.9 Å². The fourth-order valence-corrected chi connectivity index (χ4v) is 4.85. The molecular formula is C16H20KN3O5S. The molecule has 2 aliphatic rings. The van der Waals surface area contributed by atoms with E-state index in [2.05, 4.69) is 5.32 Å². The van der Waals surface area contributed by atoms with E-state index in [0.29, 0.717) is 5.56 Å². The second-order valence-corrected chi connectivity index (χ2v) is 8.42. The SMILES string of the molecule is CC1(C)S[C@@H]2[C@H](NC(=O)[C@H](N)c3ccc(O)cc3)C(=O)N2[C@H]1C(=O)O.[KH]. The van der Waals surface area contributed by atoms with Crippen LogP contribution in [0.25, 0.3) is 0 Å². The zero-order valence-electron chi connectivity index (χ0n) is 13.7. The van der Waals surface area contributed by atoms with Crippen LogP contribution in [-0.2, 0) is 14.4 Å². The van der Waals surface area contributed by atoms with Gasteiger partial charge in [-0.25, -0.2) is 4.79 Å². The van der Waals surface area contributed by atoms with Crippen LogP contribution >= 0.6 is 11.8 Å². The predicted molar refractivity (Wildman–Crippen MR) is 97.8 cm³/mol. The number of hydrogen-bond donors (Lipinski definition) is 4. The molecule has 2 fully saturated rings. The molecule has 0 bridgehead atoms. The predicted octanol–water partition coefficient (Wildman–Crippen LogP) is -0.625. The van der Waals surface area contributed by atoms with E-state index < -0.39 is 46.0 Å². The number of hydrogen-bond acceptors (Lipinski definition) is 6. The molecule has 3 rings (SSSR count). The first-order valence-electron chi connectivity index (χ1n) is 7.71. The van der Waals surface area contributed by atoms with Crippen molar-refractivity contribution in [1.29, 1.82) is 0 Å². The molecule has 8 nitrogen and oxygen atoms in total. The maximum absolute atomic E-state index is 12.3. The number of thioether (sulfide) groups is 1. The molecule has 10 heteroatoms. The van der Waals surface area contributed by atoms with E-state index in [0.717, 1.165) is 0 Å². The molecule has 2 heterocycles. The Morgan fingerprint density at radius 1 is 1.31 bits per heavy atom.